The average molecular weight is 1860 g/mol. The molecule has 2 aromatic heterocycles. The largest absolute Gasteiger partial charge is 0.406 e. The number of hydrogen-bond donors (Lipinski definition) is 4. The Kier molecular flexibility index (Phi) is 24.6. The van der Waals surface area contributed by atoms with Crippen LogP contribution in [-0.4, -0.2) is 194 Å². The lowest BCUT2D eigenvalue weighted by Gasteiger charge is -2.45. The van der Waals surface area contributed by atoms with Gasteiger partial charge in [-0.05, 0) is 290 Å². The summed E-state index contributed by atoms with van der Waals surface area (Å²) >= 11 is 0. The van der Waals surface area contributed by atoms with Crippen molar-refractivity contribution in [1.29, 1.82) is 0 Å². The van der Waals surface area contributed by atoms with Crippen molar-refractivity contribution in [2.45, 2.75) is 251 Å². The number of ether oxygens (including phenoxy) is 6. The summed E-state index contributed by atoms with van der Waals surface area (Å²) in [5, 5.41) is 0. The Morgan fingerprint density at radius 2 is 0.733 bits per heavy atom. The van der Waals surface area contributed by atoms with E-state index < -0.39 is 88.0 Å². The Balaban J connectivity index is 0.000000116. The van der Waals surface area contributed by atoms with Gasteiger partial charge in [0.2, 0.25) is 5.69 Å². The van der Waals surface area contributed by atoms with Gasteiger partial charge in [-0.25, -0.2) is 29.2 Å². The van der Waals surface area contributed by atoms with Crippen molar-refractivity contribution in [3.05, 3.63) is 183 Å². The normalized spacial score (nSPS) is 31.6. The summed E-state index contributed by atoms with van der Waals surface area (Å²) in [4.78, 5) is 91.6. The molecule has 22 rings (SSSR count). The maximum atomic E-state index is 14.3. The minimum atomic E-state index is -4.63. The molecule has 6 aliphatic heterocycles. The zero-order valence-corrected chi connectivity index (χ0v) is 76.5. The van der Waals surface area contributed by atoms with Crippen LogP contribution in [0, 0.1) is 69.6 Å². The molecule has 6 saturated carbocycles. The van der Waals surface area contributed by atoms with Crippen LogP contribution in [0.25, 0.3) is 27.1 Å². The molecule has 8 fully saturated rings. The molecule has 0 radical (unpaired) electrons. The summed E-state index contributed by atoms with van der Waals surface area (Å²) in [5.41, 5.74) is 30.1. The number of methoxy groups -OCH3 is 4. The predicted molar refractivity (Wildman–Crippen MR) is 489 cm³/mol. The maximum Gasteiger partial charge on any atom is 0.406 e. The third-order valence-electron chi connectivity index (χ3n) is 32.2. The first kappa shape index (κ1) is 92.9. The van der Waals surface area contributed by atoms with Crippen molar-refractivity contribution < 1.29 is 78.3 Å². The summed E-state index contributed by atoms with van der Waals surface area (Å²) in [5.74, 6) is 12.4. The Hall–Kier alpha value is -11.2. The van der Waals surface area contributed by atoms with Crippen LogP contribution in [0.1, 0.15) is 210 Å². The van der Waals surface area contributed by atoms with Crippen molar-refractivity contribution >= 4 is 53.2 Å². The van der Waals surface area contributed by atoms with E-state index in [9.17, 15) is 49.9 Å². The molecule has 135 heavy (non-hydrogen) atoms. The van der Waals surface area contributed by atoms with E-state index in [4.69, 9.17) is 67.9 Å². The fourth-order valence-corrected chi connectivity index (χ4v) is 25.0. The Labute approximate surface area is 780 Å². The second-order valence-electron chi connectivity index (χ2n) is 39.9. The molecule has 10 aliphatic carbocycles. The van der Waals surface area contributed by atoms with Crippen LogP contribution in [0.4, 0.5) is 36.4 Å². The topological polar surface area (TPSA) is 320 Å². The third kappa shape index (κ3) is 16.4. The van der Waals surface area contributed by atoms with E-state index >= 15 is 0 Å². The van der Waals surface area contributed by atoms with Gasteiger partial charge in [0, 0.05) is 110 Å². The van der Waals surface area contributed by atoms with E-state index in [1.54, 1.807) is 56.6 Å². The number of guanidine groups is 4. The second kappa shape index (κ2) is 35.7. The Bertz CT molecular complexity index is 5810. The molecule has 0 bridgehead atoms. The Morgan fingerprint density at radius 1 is 0.415 bits per heavy atom. The fourth-order valence-electron chi connectivity index (χ4n) is 25.0. The van der Waals surface area contributed by atoms with Gasteiger partial charge in [0.25, 0.3) is 23.6 Å². The number of pyridine rings is 2. The van der Waals surface area contributed by atoms with Gasteiger partial charge in [-0.3, -0.25) is 48.7 Å². The number of rotatable bonds is 12. The second-order valence-corrected chi connectivity index (χ2v) is 39.9. The lowest BCUT2D eigenvalue weighted by Crippen LogP contribution is -2.53. The number of amides is 4. The van der Waals surface area contributed by atoms with Crippen LogP contribution in [0.2, 0.25) is 0 Å². The third-order valence-corrected chi connectivity index (χ3v) is 32.2. The van der Waals surface area contributed by atoms with Crippen molar-refractivity contribution in [2.75, 3.05) is 67.8 Å². The molecule has 4 amide bonds. The number of fused-ring (bicyclic) bond motifs is 12. The van der Waals surface area contributed by atoms with E-state index in [0.29, 0.717) is 150 Å². The minimum Gasteiger partial charge on any atom is -0.381 e. The highest BCUT2D eigenvalue weighted by Gasteiger charge is 2.72. The SMILES string of the molecule is COC1CCC2(CC1)Cc1ccc(-c3cncc(F)c3)cc1C21N=C(N)N(CC(F)(F)F)C1=O.COC1CCC2(CC1)Cc1ccc(C#CC3CC3)cc1[C@@]21N=C(N)N(C[C@@H]2CCCO2)C1=O.COC1CCC2(CC1)Cc1ccc(C#CC3CC3)cc1[C@@]21N=C(N)N(C[C@H]2CCCO2)C1=O.[C-]#[N+]c1cncc(-c2ccc3c(c2)C2(N=C(N)N(CC(F)(F)F)C2=O)C2(CCC(OC)CC2)C3)c1. The fraction of sp³-hybridized carbons (Fsp3) is 0.544. The molecule has 4 aromatic carbocycles. The van der Waals surface area contributed by atoms with Crippen molar-refractivity contribution in [3.8, 4) is 45.9 Å². The highest BCUT2D eigenvalue weighted by atomic mass is 19.4. The zero-order valence-electron chi connectivity index (χ0n) is 76.5. The molecule has 25 nitrogen and oxygen atoms in total. The first-order valence-corrected chi connectivity index (χ1v) is 47.5. The van der Waals surface area contributed by atoms with Gasteiger partial charge in [-0.15, -0.1) is 0 Å². The van der Waals surface area contributed by atoms with Crippen LogP contribution >= 0.6 is 0 Å². The van der Waals surface area contributed by atoms with Gasteiger partial charge in [0.1, 0.15) is 18.9 Å². The smallest absolute Gasteiger partial charge is 0.381 e. The van der Waals surface area contributed by atoms with Gasteiger partial charge >= 0.3 is 12.4 Å². The lowest BCUT2D eigenvalue weighted by atomic mass is 9.61. The average Bonchev–Trinajstić information content (AvgIpc) is 1.51. The zero-order chi connectivity index (χ0) is 94.6. The van der Waals surface area contributed by atoms with E-state index in [0.717, 1.165) is 143 Å². The van der Waals surface area contributed by atoms with Crippen molar-refractivity contribution in [1.82, 2.24) is 29.6 Å². The molecule has 710 valence electrons. The number of carbonyl (C=O) groups is 4. The number of carbonyl (C=O) groups excluding carboxylic acids is 4. The van der Waals surface area contributed by atoms with Gasteiger partial charge in [-0.1, -0.05) is 60.1 Å². The number of benzene rings is 4. The maximum absolute atomic E-state index is 14.3. The molecule has 8 spiro atoms. The molecule has 6 aromatic rings. The summed E-state index contributed by atoms with van der Waals surface area (Å²) in [6.07, 6.45) is 20.8. The number of aliphatic imine (C=N–C) groups is 4. The minimum absolute atomic E-state index is 0.0180. The van der Waals surface area contributed by atoms with Gasteiger partial charge in [0.15, 0.2) is 46.0 Å². The van der Waals surface area contributed by atoms with Crippen molar-refractivity contribution in [2.24, 2.45) is 76.4 Å². The molecule has 2 unspecified atom stereocenters. The highest BCUT2D eigenvalue weighted by Crippen LogP contribution is 2.68. The molecule has 32 heteroatoms. The molecule has 2 saturated heterocycles. The first-order chi connectivity index (χ1) is 64.8. The number of alkyl halides is 6. The number of aromatic nitrogens is 2. The number of nitrogens with two attached hydrogens (primary N) is 4. The molecule has 8 N–H and O–H groups in total. The molecular weight excluding hydrogens is 1740 g/mol. The Morgan fingerprint density at radius 3 is 1.04 bits per heavy atom. The highest BCUT2D eigenvalue weighted by molar-refractivity contribution is 6.11. The van der Waals surface area contributed by atoms with E-state index in [2.05, 4.69) is 84.9 Å². The van der Waals surface area contributed by atoms with Crippen LogP contribution in [0.15, 0.2) is 130 Å². The monoisotopic (exact) mass is 1850 g/mol. The summed E-state index contributed by atoms with van der Waals surface area (Å²) in [7, 11) is 6.84. The summed E-state index contributed by atoms with van der Waals surface area (Å²) in [6.45, 7) is 6.77. The summed E-state index contributed by atoms with van der Waals surface area (Å²) in [6, 6.07) is 26.8. The van der Waals surface area contributed by atoms with Crippen LogP contribution < -0.4 is 22.9 Å². The number of nitrogens with zero attached hydrogens (tertiary/aromatic N) is 11. The van der Waals surface area contributed by atoms with Crippen LogP contribution in [0.3, 0.4) is 0 Å². The standard InChI is InChI=1S/2C27H33N3O3.C25H24F3N5O2.C24H24F4N4O2/c2*1-32-21-10-12-26(13-11-21)16-20-9-8-19(7-6-18-4-5-18)15-23(20)27(26)24(31)30(25(28)29-27)17-22-3-2-14-33-22;1-30-18-9-17(12-31-13-18)15-3-4-16-11-23(7-5-19(35-2)6-8-23)25(20(16)10-15)21(34)33(22(29)32-25)14-24(26,27)28;1-34-18-4-6-22(7-5-18)10-15-3-2-14(16-8-17(25)12-30-11-16)9-19(15)24(22)20(33)32(21(29)31-24)13-23(26,27)28/h2*8-9,15,18,21-22H,2-5,10-14,16-17H2,1H3,(H2,28,29);3-4,9-10,12-13,19H,5-8,11,14H2,2H3,(H2,29,32);2-3,8-9,11-12,18H,4-7,10,13H2,1H3,(H2,29,31)/t21?,22-,26?,27+;21?,22-,26?,27-;;/m10../s1. The molecule has 16 aliphatic rings. The molecule has 8 heterocycles. The lowest BCUT2D eigenvalue weighted by molar-refractivity contribution is -0.158. The summed E-state index contributed by atoms with van der Waals surface area (Å²) < 4.78 is 128. The first-order valence-electron chi connectivity index (χ1n) is 47.5. The molecular formula is C103H114F7N15O10. The van der Waals surface area contributed by atoms with E-state index in [-0.39, 0.29) is 59.3 Å². The van der Waals surface area contributed by atoms with Crippen LogP contribution in [-0.2, 0) is 95.4 Å². The number of hydrogen-bond acceptors (Lipinski definition) is 20. The van der Waals surface area contributed by atoms with Gasteiger partial charge in [-0.2, -0.15) is 26.3 Å². The predicted octanol–water partition coefficient (Wildman–Crippen LogP) is 14.5. The van der Waals surface area contributed by atoms with Crippen LogP contribution in [0.5, 0.6) is 0 Å². The van der Waals surface area contributed by atoms with E-state index in [1.807, 2.05) is 30.3 Å². The van der Waals surface area contributed by atoms with Gasteiger partial charge in [0.05, 0.1) is 62.5 Å². The van der Waals surface area contributed by atoms with Crippen molar-refractivity contribution in [3.63, 3.8) is 0 Å². The van der Waals surface area contributed by atoms with E-state index in [1.165, 1.54) is 55.3 Å². The van der Waals surface area contributed by atoms with Gasteiger partial charge < -0.3 is 51.4 Å². The molecule has 6 atom stereocenters. The quantitative estimate of drug-likeness (QED) is 0.0502. The number of halogens is 7.